The molecule has 1 rings (SSSR count). The Bertz CT molecular complexity index is 241. The lowest BCUT2D eigenvalue weighted by molar-refractivity contribution is 0.289. The van der Waals surface area contributed by atoms with Crippen LogP contribution in [0.3, 0.4) is 0 Å². The summed E-state index contributed by atoms with van der Waals surface area (Å²) >= 11 is 0. The van der Waals surface area contributed by atoms with Crippen LogP contribution in [0.15, 0.2) is 24.3 Å². The number of benzene rings is 1. The average molecular weight is 153 g/mol. The molecule has 1 aromatic carbocycles. The van der Waals surface area contributed by atoms with E-state index in [0.29, 0.717) is 5.69 Å². The van der Waals surface area contributed by atoms with Crippen LogP contribution in [0.2, 0.25) is 0 Å². The molecule has 5 heteroatoms. The fraction of sp³-hybridized carbons (Fsp3) is 0. The molecule has 0 amide bonds. The summed E-state index contributed by atoms with van der Waals surface area (Å²) in [6.45, 7) is 0. The zero-order valence-corrected chi connectivity index (χ0v) is 5.77. The molecule has 0 spiro atoms. The van der Waals surface area contributed by atoms with E-state index in [2.05, 4.69) is 4.65 Å². The van der Waals surface area contributed by atoms with Crippen molar-refractivity contribution in [3.8, 4) is 5.75 Å². The monoisotopic (exact) mass is 153 g/mol. The Labute approximate surface area is 64.4 Å². The van der Waals surface area contributed by atoms with E-state index in [1.54, 1.807) is 24.3 Å². The van der Waals surface area contributed by atoms with Crippen LogP contribution >= 0.6 is 0 Å². The third-order valence-electron chi connectivity index (χ3n) is 1.15. The highest BCUT2D eigenvalue weighted by Crippen LogP contribution is 2.19. The summed E-state index contributed by atoms with van der Waals surface area (Å²) in [5.41, 5.74) is 5.80. The Hall–Kier alpha value is -1.20. The molecule has 0 saturated heterocycles. The van der Waals surface area contributed by atoms with Crippen LogP contribution < -0.4 is 10.4 Å². The van der Waals surface area contributed by atoms with Crippen molar-refractivity contribution in [3.63, 3.8) is 0 Å². The van der Waals surface area contributed by atoms with Crippen molar-refractivity contribution in [1.82, 2.24) is 0 Å². The maximum absolute atomic E-state index is 8.41. The molecular weight excluding hydrogens is 145 g/mol. The van der Waals surface area contributed by atoms with E-state index in [1.165, 1.54) is 0 Å². The molecule has 1 aromatic rings. The van der Waals surface area contributed by atoms with Gasteiger partial charge in [0.1, 0.15) is 5.75 Å². The van der Waals surface area contributed by atoms with Gasteiger partial charge in [-0.1, -0.05) is 12.1 Å². The van der Waals surface area contributed by atoms with Crippen molar-refractivity contribution in [3.05, 3.63) is 24.3 Å². The fourth-order valence-electron chi connectivity index (χ4n) is 0.701. The Morgan fingerprint density at radius 1 is 1.27 bits per heavy atom. The predicted octanol–water partition coefficient (Wildman–Crippen LogP) is -0.383. The third-order valence-corrected chi connectivity index (χ3v) is 1.15. The Morgan fingerprint density at radius 2 is 1.91 bits per heavy atom. The van der Waals surface area contributed by atoms with E-state index in [9.17, 15) is 0 Å². The second-order valence-corrected chi connectivity index (χ2v) is 1.98. The molecular formula is C6H8BNO3. The number of hydrogen-bond donors (Lipinski definition) is 3. The zero-order chi connectivity index (χ0) is 8.27. The minimum Gasteiger partial charge on any atom is -0.510 e. The number of hydrogen-bond acceptors (Lipinski definition) is 4. The molecule has 0 fully saturated rings. The molecule has 0 saturated carbocycles. The predicted molar refractivity (Wildman–Crippen MR) is 41.7 cm³/mol. The first-order valence-electron chi connectivity index (χ1n) is 3.07. The van der Waals surface area contributed by atoms with Gasteiger partial charge in [-0.05, 0) is 12.1 Å². The van der Waals surface area contributed by atoms with Crippen LogP contribution in [-0.2, 0) is 0 Å². The van der Waals surface area contributed by atoms with Crippen molar-refractivity contribution in [2.75, 3.05) is 5.73 Å². The van der Waals surface area contributed by atoms with E-state index in [4.69, 9.17) is 15.8 Å². The molecule has 0 aromatic heterocycles. The number of rotatable bonds is 2. The highest BCUT2D eigenvalue weighted by molar-refractivity contribution is 6.33. The highest BCUT2D eigenvalue weighted by atomic mass is 16.6. The fourth-order valence-corrected chi connectivity index (χ4v) is 0.701. The molecule has 0 heterocycles. The zero-order valence-electron chi connectivity index (χ0n) is 5.77. The Balaban J connectivity index is 2.78. The molecule has 58 valence electrons. The largest absolute Gasteiger partial charge is 0.707 e. The molecule has 0 radical (unpaired) electrons. The van der Waals surface area contributed by atoms with Gasteiger partial charge < -0.3 is 20.4 Å². The minimum atomic E-state index is -1.82. The summed E-state index contributed by atoms with van der Waals surface area (Å²) in [4.78, 5) is 0. The van der Waals surface area contributed by atoms with Gasteiger partial charge >= 0.3 is 7.32 Å². The number of anilines is 1. The maximum Gasteiger partial charge on any atom is 0.707 e. The first-order chi connectivity index (χ1) is 5.20. The highest BCUT2D eigenvalue weighted by Gasteiger charge is 2.11. The lowest BCUT2D eigenvalue weighted by atomic mass is 10.2. The van der Waals surface area contributed by atoms with Crippen LogP contribution in [0.5, 0.6) is 5.75 Å². The summed E-state index contributed by atoms with van der Waals surface area (Å²) in [6.07, 6.45) is 0. The number of nitrogens with two attached hydrogens (primary N) is 1. The van der Waals surface area contributed by atoms with E-state index in [0.717, 1.165) is 0 Å². The first-order valence-corrected chi connectivity index (χ1v) is 3.07. The van der Waals surface area contributed by atoms with Gasteiger partial charge in [0, 0.05) is 0 Å². The van der Waals surface area contributed by atoms with Gasteiger partial charge in [0.25, 0.3) is 0 Å². The van der Waals surface area contributed by atoms with E-state index < -0.39 is 7.32 Å². The summed E-state index contributed by atoms with van der Waals surface area (Å²) in [6, 6.07) is 6.58. The Morgan fingerprint density at radius 3 is 2.45 bits per heavy atom. The van der Waals surface area contributed by atoms with Crippen molar-refractivity contribution >= 4 is 13.0 Å². The standard InChI is InChI=1S/C6H8BNO3/c8-5-3-1-2-4-6(5)11-7(9)10/h1-4,9-10H,8H2. The van der Waals surface area contributed by atoms with Crippen molar-refractivity contribution < 1.29 is 14.7 Å². The van der Waals surface area contributed by atoms with Gasteiger partial charge in [-0.15, -0.1) is 0 Å². The maximum atomic E-state index is 8.41. The van der Waals surface area contributed by atoms with Gasteiger partial charge in [-0.25, -0.2) is 0 Å². The lowest BCUT2D eigenvalue weighted by Gasteiger charge is -2.05. The molecule has 11 heavy (non-hydrogen) atoms. The molecule has 0 bridgehead atoms. The molecule has 4 nitrogen and oxygen atoms in total. The van der Waals surface area contributed by atoms with E-state index >= 15 is 0 Å². The molecule has 0 unspecified atom stereocenters. The van der Waals surface area contributed by atoms with E-state index in [1.807, 2.05) is 0 Å². The third kappa shape index (κ3) is 2.14. The summed E-state index contributed by atoms with van der Waals surface area (Å²) < 4.78 is 4.53. The smallest absolute Gasteiger partial charge is 0.510 e. The van der Waals surface area contributed by atoms with Gasteiger partial charge in [-0.2, -0.15) is 0 Å². The quantitative estimate of drug-likeness (QED) is 0.399. The minimum absolute atomic E-state index is 0.266. The normalized spacial score (nSPS) is 9.27. The number of nitrogen functional groups attached to an aromatic ring is 1. The SMILES string of the molecule is Nc1ccccc1OB(O)O. The second kappa shape index (κ2) is 3.27. The van der Waals surface area contributed by atoms with E-state index in [-0.39, 0.29) is 5.75 Å². The molecule has 0 aliphatic heterocycles. The van der Waals surface area contributed by atoms with Gasteiger partial charge in [0.15, 0.2) is 0 Å². The number of para-hydroxylation sites is 2. The summed E-state index contributed by atoms with van der Waals surface area (Å²) in [7, 11) is -1.82. The van der Waals surface area contributed by atoms with Crippen LogP contribution in [0, 0.1) is 0 Å². The van der Waals surface area contributed by atoms with Crippen LogP contribution in [0.25, 0.3) is 0 Å². The van der Waals surface area contributed by atoms with Gasteiger partial charge in [0.05, 0.1) is 5.69 Å². The van der Waals surface area contributed by atoms with Crippen molar-refractivity contribution in [2.45, 2.75) is 0 Å². The van der Waals surface area contributed by atoms with Crippen LogP contribution in [-0.4, -0.2) is 17.4 Å². The van der Waals surface area contributed by atoms with Crippen molar-refractivity contribution in [2.24, 2.45) is 0 Å². The summed E-state index contributed by atoms with van der Waals surface area (Å²) in [5.74, 6) is 0.266. The van der Waals surface area contributed by atoms with Gasteiger partial charge in [0.2, 0.25) is 0 Å². The lowest BCUT2D eigenvalue weighted by Crippen LogP contribution is -2.21. The molecule has 4 N–H and O–H groups in total. The molecule has 0 atom stereocenters. The van der Waals surface area contributed by atoms with Gasteiger partial charge in [-0.3, -0.25) is 0 Å². The molecule has 0 aliphatic rings. The average Bonchev–Trinajstić information content (AvgIpc) is 1.93. The van der Waals surface area contributed by atoms with Crippen LogP contribution in [0.4, 0.5) is 5.69 Å². The Kier molecular flexibility index (Phi) is 2.35. The molecule has 0 aliphatic carbocycles. The second-order valence-electron chi connectivity index (χ2n) is 1.98. The van der Waals surface area contributed by atoms with Crippen molar-refractivity contribution in [1.29, 1.82) is 0 Å². The topological polar surface area (TPSA) is 75.7 Å². The van der Waals surface area contributed by atoms with Crippen LogP contribution in [0.1, 0.15) is 0 Å². The summed E-state index contributed by atoms with van der Waals surface area (Å²) in [5, 5.41) is 16.8. The first kappa shape index (κ1) is 7.91.